The van der Waals surface area contributed by atoms with Gasteiger partial charge in [0.15, 0.2) is 5.96 Å². The molecule has 6 nitrogen and oxygen atoms in total. The van der Waals surface area contributed by atoms with Crippen molar-refractivity contribution >= 4 is 5.96 Å². The van der Waals surface area contributed by atoms with Gasteiger partial charge >= 0.3 is 0 Å². The van der Waals surface area contributed by atoms with Crippen molar-refractivity contribution < 1.29 is 0 Å². The maximum Gasteiger partial charge on any atom is 0.191 e. The van der Waals surface area contributed by atoms with Crippen LogP contribution in [0.15, 0.2) is 35.3 Å². The van der Waals surface area contributed by atoms with Gasteiger partial charge in [0.2, 0.25) is 0 Å². The molecule has 2 N–H and O–H groups in total. The lowest BCUT2D eigenvalue weighted by Gasteiger charge is -2.21. The van der Waals surface area contributed by atoms with Crippen molar-refractivity contribution in [3.8, 4) is 0 Å². The Morgan fingerprint density at radius 1 is 1.21 bits per heavy atom. The standard InChI is InChI=1S/C23H36N6/c1-6-21-20(22(7-2)28(5)27-21)14-25-23(24-4)26-19-13-17(3)29(16-19)15-18-11-9-8-10-12-18/h8-12,17,19H,6-7,13-16H2,1-5H3,(H2,24,25,26). The second kappa shape index (κ2) is 9.92. The first-order valence-corrected chi connectivity index (χ1v) is 10.8. The molecule has 2 aromatic rings. The fourth-order valence-electron chi connectivity index (χ4n) is 4.40. The molecule has 0 bridgehead atoms. The molecular weight excluding hydrogens is 360 g/mol. The summed E-state index contributed by atoms with van der Waals surface area (Å²) >= 11 is 0. The number of likely N-dealkylation sites (tertiary alicyclic amines) is 1. The molecule has 29 heavy (non-hydrogen) atoms. The topological polar surface area (TPSA) is 57.5 Å². The zero-order chi connectivity index (χ0) is 20.8. The van der Waals surface area contributed by atoms with Crippen LogP contribution in [0, 0.1) is 0 Å². The molecule has 1 aromatic heterocycles. The molecule has 1 aliphatic heterocycles. The van der Waals surface area contributed by atoms with E-state index in [1.165, 1.54) is 22.5 Å². The molecule has 158 valence electrons. The fourth-order valence-corrected chi connectivity index (χ4v) is 4.40. The van der Waals surface area contributed by atoms with Gasteiger partial charge in [0, 0.05) is 57.1 Å². The third kappa shape index (κ3) is 5.18. The molecule has 0 aliphatic carbocycles. The van der Waals surface area contributed by atoms with E-state index < -0.39 is 0 Å². The van der Waals surface area contributed by atoms with Crippen LogP contribution in [-0.4, -0.2) is 46.3 Å². The number of aromatic nitrogens is 2. The minimum atomic E-state index is 0.408. The van der Waals surface area contributed by atoms with E-state index in [0.29, 0.717) is 12.1 Å². The van der Waals surface area contributed by atoms with Crippen LogP contribution in [0.4, 0.5) is 0 Å². The number of hydrogen-bond acceptors (Lipinski definition) is 3. The molecule has 2 heterocycles. The maximum absolute atomic E-state index is 4.68. The molecule has 3 rings (SSSR count). The Balaban J connectivity index is 1.57. The molecule has 2 atom stereocenters. The summed E-state index contributed by atoms with van der Waals surface area (Å²) in [6.07, 6.45) is 3.06. The van der Waals surface area contributed by atoms with Crippen LogP contribution in [-0.2, 0) is 33.0 Å². The van der Waals surface area contributed by atoms with Crippen molar-refractivity contribution in [3.05, 3.63) is 52.8 Å². The van der Waals surface area contributed by atoms with Gasteiger partial charge < -0.3 is 10.6 Å². The molecule has 6 heteroatoms. The van der Waals surface area contributed by atoms with Crippen LogP contribution < -0.4 is 10.6 Å². The van der Waals surface area contributed by atoms with Crippen LogP contribution in [0.25, 0.3) is 0 Å². The monoisotopic (exact) mass is 396 g/mol. The van der Waals surface area contributed by atoms with Crippen LogP contribution in [0.3, 0.4) is 0 Å². The van der Waals surface area contributed by atoms with Crippen molar-refractivity contribution in [3.63, 3.8) is 0 Å². The second-order valence-corrected chi connectivity index (χ2v) is 7.97. The summed E-state index contributed by atoms with van der Waals surface area (Å²) in [4.78, 5) is 7.01. The summed E-state index contributed by atoms with van der Waals surface area (Å²) in [5, 5.41) is 11.8. The smallest absolute Gasteiger partial charge is 0.191 e. The zero-order valence-electron chi connectivity index (χ0n) is 18.6. The normalized spacial score (nSPS) is 20.2. The third-order valence-electron chi connectivity index (χ3n) is 5.96. The van der Waals surface area contributed by atoms with Gasteiger partial charge in [-0.2, -0.15) is 5.10 Å². The number of aliphatic imine (C=N–C) groups is 1. The van der Waals surface area contributed by atoms with Gasteiger partial charge in [-0.05, 0) is 31.7 Å². The molecule has 1 aliphatic rings. The first kappa shape index (κ1) is 21.4. The fraction of sp³-hybridized carbons (Fsp3) is 0.565. The highest BCUT2D eigenvalue weighted by molar-refractivity contribution is 5.80. The summed E-state index contributed by atoms with van der Waals surface area (Å²) in [6, 6.07) is 11.7. The Morgan fingerprint density at radius 3 is 2.62 bits per heavy atom. The van der Waals surface area contributed by atoms with Crippen LogP contribution in [0.1, 0.15) is 49.7 Å². The van der Waals surface area contributed by atoms with Crippen molar-refractivity contribution in [2.45, 2.75) is 65.2 Å². The van der Waals surface area contributed by atoms with E-state index in [-0.39, 0.29) is 0 Å². The van der Waals surface area contributed by atoms with Gasteiger partial charge in [-0.25, -0.2) is 0 Å². The first-order valence-electron chi connectivity index (χ1n) is 10.8. The largest absolute Gasteiger partial charge is 0.352 e. The van der Waals surface area contributed by atoms with E-state index in [1.807, 2.05) is 18.8 Å². The lowest BCUT2D eigenvalue weighted by Crippen LogP contribution is -2.44. The molecule has 0 saturated carbocycles. The third-order valence-corrected chi connectivity index (χ3v) is 5.96. The number of nitrogens with zero attached hydrogens (tertiary/aromatic N) is 4. The SMILES string of the molecule is CCc1nn(C)c(CC)c1CNC(=NC)NC1CC(C)N(Cc2ccccc2)C1. The number of guanidine groups is 1. The second-order valence-electron chi connectivity index (χ2n) is 7.97. The molecule has 1 aromatic carbocycles. The summed E-state index contributed by atoms with van der Waals surface area (Å²) in [5.74, 6) is 0.872. The average Bonchev–Trinajstić information content (AvgIpc) is 3.23. The van der Waals surface area contributed by atoms with Crippen LogP contribution in [0.2, 0.25) is 0 Å². The minimum Gasteiger partial charge on any atom is -0.352 e. The zero-order valence-corrected chi connectivity index (χ0v) is 18.6. The van der Waals surface area contributed by atoms with Crippen LogP contribution in [0.5, 0.6) is 0 Å². The molecular formula is C23H36N6. The molecule has 0 radical (unpaired) electrons. The summed E-state index contributed by atoms with van der Waals surface area (Å²) < 4.78 is 2.02. The van der Waals surface area contributed by atoms with E-state index >= 15 is 0 Å². The summed E-state index contributed by atoms with van der Waals surface area (Å²) in [6.45, 7) is 9.47. The number of hydrogen-bond donors (Lipinski definition) is 2. The predicted octanol–water partition coefficient (Wildman–Crippen LogP) is 2.87. The van der Waals surface area contributed by atoms with Crippen molar-refractivity contribution in [1.82, 2.24) is 25.3 Å². The predicted molar refractivity (Wildman–Crippen MR) is 120 cm³/mol. The Morgan fingerprint density at radius 2 is 1.97 bits per heavy atom. The Bertz CT molecular complexity index is 810. The first-order chi connectivity index (χ1) is 14.0. The van der Waals surface area contributed by atoms with Gasteiger partial charge in [0.05, 0.1) is 5.69 Å². The van der Waals surface area contributed by atoms with Gasteiger partial charge in [-0.1, -0.05) is 44.2 Å². The van der Waals surface area contributed by atoms with Crippen molar-refractivity contribution in [1.29, 1.82) is 0 Å². The lowest BCUT2D eigenvalue weighted by atomic mass is 10.1. The van der Waals surface area contributed by atoms with E-state index in [2.05, 4.69) is 76.7 Å². The Hall–Kier alpha value is -2.34. The number of nitrogens with one attached hydrogen (secondary N) is 2. The summed E-state index contributed by atoms with van der Waals surface area (Å²) in [5.41, 5.74) is 5.16. The van der Waals surface area contributed by atoms with Gasteiger partial charge in [0.1, 0.15) is 0 Å². The van der Waals surface area contributed by atoms with E-state index in [9.17, 15) is 0 Å². The molecule has 0 amide bonds. The number of benzene rings is 1. The van der Waals surface area contributed by atoms with Gasteiger partial charge in [-0.15, -0.1) is 0 Å². The van der Waals surface area contributed by atoms with E-state index in [0.717, 1.165) is 44.9 Å². The van der Waals surface area contributed by atoms with Gasteiger partial charge in [-0.3, -0.25) is 14.6 Å². The highest BCUT2D eigenvalue weighted by Crippen LogP contribution is 2.20. The van der Waals surface area contributed by atoms with Crippen LogP contribution >= 0.6 is 0 Å². The number of rotatable bonds is 7. The molecule has 1 saturated heterocycles. The highest BCUT2D eigenvalue weighted by atomic mass is 15.3. The van der Waals surface area contributed by atoms with Crippen molar-refractivity contribution in [2.24, 2.45) is 12.0 Å². The number of aryl methyl sites for hydroxylation is 2. The minimum absolute atomic E-state index is 0.408. The summed E-state index contributed by atoms with van der Waals surface area (Å²) in [7, 11) is 3.88. The molecule has 1 fully saturated rings. The Kier molecular flexibility index (Phi) is 7.31. The highest BCUT2D eigenvalue weighted by Gasteiger charge is 2.29. The van der Waals surface area contributed by atoms with E-state index in [1.54, 1.807) is 0 Å². The maximum atomic E-state index is 4.68. The van der Waals surface area contributed by atoms with Gasteiger partial charge in [0.25, 0.3) is 0 Å². The molecule has 2 unspecified atom stereocenters. The average molecular weight is 397 g/mol. The van der Waals surface area contributed by atoms with Crippen molar-refractivity contribution in [2.75, 3.05) is 13.6 Å². The Labute approximate surface area is 175 Å². The lowest BCUT2D eigenvalue weighted by molar-refractivity contribution is 0.258. The van der Waals surface area contributed by atoms with E-state index in [4.69, 9.17) is 0 Å². The quantitative estimate of drug-likeness (QED) is 0.558. The molecule has 0 spiro atoms.